The van der Waals surface area contributed by atoms with Gasteiger partial charge in [-0.2, -0.15) is 0 Å². The zero-order chi connectivity index (χ0) is 14.7. The zero-order valence-electron chi connectivity index (χ0n) is 10.8. The number of benzene rings is 2. The lowest BCUT2D eigenvalue weighted by molar-refractivity contribution is 0.290. The SMILES string of the molecule is Cc1ccc(F)c(OCc2ccc(F)c(B(O)O)c2)c1. The summed E-state index contributed by atoms with van der Waals surface area (Å²) in [6.45, 7) is 1.81. The van der Waals surface area contributed by atoms with E-state index in [-0.39, 0.29) is 17.8 Å². The summed E-state index contributed by atoms with van der Waals surface area (Å²) in [7, 11) is -1.90. The van der Waals surface area contributed by atoms with E-state index in [2.05, 4.69) is 0 Å². The summed E-state index contributed by atoms with van der Waals surface area (Å²) >= 11 is 0. The van der Waals surface area contributed by atoms with Crippen molar-refractivity contribution in [1.29, 1.82) is 0 Å². The van der Waals surface area contributed by atoms with Gasteiger partial charge in [-0.25, -0.2) is 8.78 Å². The van der Waals surface area contributed by atoms with Crippen molar-refractivity contribution in [2.24, 2.45) is 0 Å². The molecular weight excluding hydrogens is 265 g/mol. The zero-order valence-corrected chi connectivity index (χ0v) is 10.8. The number of ether oxygens (including phenoxy) is 1. The molecule has 0 fully saturated rings. The molecule has 104 valence electrons. The van der Waals surface area contributed by atoms with Gasteiger partial charge in [0.05, 0.1) is 0 Å². The van der Waals surface area contributed by atoms with E-state index >= 15 is 0 Å². The summed E-state index contributed by atoms with van der Waals surface area (Å²) in [4.78, 5) is 0. The van der Waals surface area contributed by atoms with Crippen molar-refractivity contribution in [2.45, 2.75) is 13.5 Å². The summed E-state index contributed by atoms with van der Waals surface area (Å²) in [6, 6.07) is 8.31. The van der Waals surface area contributed by atoms with Crippen molar-refractivity contribution >= 4 is 12.6 Å². The van der Waals surface area contributed by atoms with E-state index < -0.39 is 18.8 Å². The number of hydrogen-bond donors (Lipinski definition) is 2. The number of aryl methyl sites for hydroxylation is 1. The first kappa shape index (κ1) is 14.5. The third kappa shape index (κ3) is 3.34. The lowest BCUT2D eigenvalue weighted by Crippen LogP contribution is -2.33. The first-order chi connectivity index (χ1) is 9.47. The Morgan fingerprint density at radius 2 is 1.75 bits per heavy atom. The van der Waals surface area contributed by atoms with Crippen LogP contribution in [0.25, 0.3) is 0 Å². The molecule has 0 atom stereocenters. The van der Waals surface area contributed by atoms with E-state index in [1.165, 1.54) is 18.2 Å². The first-order valence-electron chi connectivity index (χ1n) is 6.01. The topological polar surface area (TPSA) is 49.7 Å². The van der Waals surface area contributed by atoms with Gasteiger partial charge in [0.25, 0.3) is 0 Å². The maximum Gasteiger partial charge on any atom is 0.491 e. The normalized spacial score (nSPS) is 10.4. The van der Waals surface area contributed by atoms with Crippen LogP contribution in [0.3, 0.4) is 0 Å². The second kappa shape index (κ2) is 6.03. The first-order valence-corrected chi connectivity index (χ1v) is 6.01. The van der Waals surface area contributed by atoms with Crippen molar-refractivity contribution in [2.75, 3.05) is 0 Å². The average molecular weight is 278 g/mol. The van der Waals surface area contributed by atoms with Crippen LogP contribution in [0, 0.1) is 18.6 Å². The molecule has 0 aliphatic carbocycles. The molecule has 0 heterocycles. The standard InChI is InChI=1S/C14H13BF2O3/c1-9-2-4-13(17)14(6-9)20-8-10-3-5-12(16)11(7-10)15(18)19/h2-7,18-19H,8H2,1H3. The van der Waals surface area contributed by atoms with Gasteiger partial charge in [-0.3, -0.25) is 0 Å². The van der Waals surface area contributed by atoms with Crippen LogP contribution in [0.5, 0.6) is 5.75 Å². The molecule has 0 radical (unpaired) electrons. The molecule has 0 aliphatic heterocycles. The lowest BCUT2D eigenvalue weighted by Gasteiger charge is -2.10. The minimum atomic E-state index is -1.90. The van der Waals surface area contributed by atoms with Gasteiger partial charge in [0.15, 0.2) is 11.6 Å². The van der Waals surface area contributed by atoms with Gasteiger partial charge in [-0.15, -0.1) is 0 Å². The summed E-state index contributed by atoms with van der Waals surface area (Å²) in [5, 5.41) is 18.0. The predicted octanol–water partition coefficient (Wildman–Crippen LogP) is 1.53. The Bertz CT molecular complexity index is 617. The minimum Gasteiger partial charge on any atom is -0.486 e. The Hall–Kier alpha value is -1.92. The Balaban J connectivity index is 2.15. The third-order valence-corrected chi connectivity index (χ3v) is 2.82. The second-order valence-electron chi connectivity index (χ2n) is 4.45. The molecule has 0 saturated heterocycles. The number of hydrogen-bond acceptors (Lipinski definition) is 3. The minimum absolute atomic E-state index is 0.000370. The Morgan fingerprint density at radius 1 is 1.05 bits per heavy atom. The van der Waals surface area contributed by atoms with Crippen LogP contribution in [0.4, 0.5) is 8.78 Å². The lowest BCUT2D eigenvalue weighted by atomic mass is 9.79. The highest BCUT2D eigenvalue weighted by molar-refractivity contribution is 6.58. The van der Waals surface area contributed by atoms with Crippen LogP contribution in [0.1, 0.15) is 11.1 Å². The van der Waals surface area contributed by atoms with E-state index in [1.54, 1.807) is 12.1 Å². The van der Waals surface area contributed by atoms with Gasteiger partial charge in [-0.1, -0.05) is 18.2 Å². The molecule has 0 aromatic heterocycles. The molecule has 0 spiro atoms. The highest BCUT2D eigenvalue weighted by Gasteiger charge is 2.17. The molecule has 3 nitrogen and oxygen atoms in total. The van der Waals surface area contributed by atoms with Crippen LogP contribution < -0.4 is 10.2 Å². The van der Waals surface area contributed by atoms with Crippen LogP contribution in [0.15, 0.2) is 36.4 Å². The van der Waals surface area contributed by atoms with Gasteiger partial charge >= 0.3 is 7.12 Å². The predicted molar refractivity (Wildman–Crippen MR) is 71.7 cm³/mol. The van der Waals surface area contributed by atoms with E-state index in [0.717, 1.165) is 11.6 Å². The van der Waals surface area contributed by atoms with Crippen LogP contribution in [-0.2, 0) is 6.61 Å². The maximum atomic E-state index is 13.5. The van der Waals surface area contributed by atoms with Crippen molar-refractivity contribution in [3.63, 3.8) is 0 Å². The Morgan fingerprint density at radius 3 is 2.45 bits per heavy atom. The van der Waals surface area contributed by atoms with Gasteiger partial charge in [0.2, 0.25) is 0 Å². The molecule has 0 amide bonds. The summed E-state index contributed by atoms with van der Waals surface area (Å²) in [5.74, 6) is -1.11. The van der Waals surface area contributed by atoms with Crippen molar-refractivity contribution in [3.05, 3.63) is 59.2 Å². The summed E-state index contributed by atoms with van der Waals surface area (Å²) in [5.41, 5.74) is 1.12. The van der Waals surface area contributed by atoms with Gasteiger partial charge in [0, 0.05) is 5.46 Å². The van der Waals surface area contributed by atoms with Crippen molar-refractivity contribution in [1.82, 2.24) is 0 Å². The Kier molecular flexibility index (Phi) is 4.37. The molecule has 2 aromatic rings. The molecular formula is C14H13BF2O3. The molecule has 0 saturated carbocycles. The van der Waals surface area contributed by atoms with Crippen LogP contribution >= 0.6 is 0 Å². The van der Waals surface area contributed by atoms with E-state index in [9.17, 15) is 8.78 Å². The molecule has 0 aliphatic rings. The summed E-state index contributed by atoms with van der Waals surface area (Å²) < 4.78 is 32.1. The van der Waals surface area contributed by atoms with E-state index in [1.807, 2.05) is 6.92 Å². The number of rotatable bonds is 4. The van der Waals surface area contributed by atoms with E-state index in [0.29, 0.717) is 5.56 Å². The highest BCUT2D eigenvalue weighted by Crippen LogP contribution is 2.19. The molecule has 20 heavy (non-hydrogen) atoms. The smallest absolute Gasteiger partial charge is 0.486 e. The van der Waals surface area contributed by atoms with Crippen LogP contribution in [0.2, 0.25) is 0 Å². The Labute approximate surface area is 115 Å². The van der Waals surface area contributed by atoms with Gasteiger partial charge in [-0.05, 0) is 36.2 Å². The molecule has 2 aromatic carbocycles. The average Bonchev–Trinajstić information content (AvgIpc) is 2.41. The third-order valence-electron chi connectivity index (χ3n) is 2.82. The van der Waals surface area contributed by atoms with Crippen molar-refractivity contribution < 1.29 is 23.6 Å². The molecule has 0 bridgehead atoms. The van der Waals surface area contributed by atoms with Crippen molar-refractivity contribution in [3.8, 4) is 5.75 Å². The quantitative estimate of drug-likeness (QED) is 0.834. The number of halogens is 2. The molecule has 2 N–H and O–H groups in total. The van der Waals surface area contributed by atoms with Gasteiger partial charge < -0.3 is 14.8 Å². The molecule has 0 unspecified atom stereocenters. The van der Waals surface area contributed by atoms with Crippen LogP contribution in [-0.4, -0.2) is 17.2 Å². The molecule has 2 rings (SSSR count). The maximum absolute atomic E-state index is 13.5. The molecule has 6 heteroatoms. The fourth-order valence-corrected chi connectivity index (χ4v) is 1.76. The fraction of sp³-hybridized carbons (Fsp3) is 0.143. The fourth-order valence-electron chi connectivity index (χ4n) is 1.76. The highest BCUT2D eigenvalue weighted by atomic mass is 19.1. The van der Waals surface area contributed by atoms with E-state index in [4.69, 9.17) is 14.8 Å². The van der Waals surface area contributed by atoms with Gasteiger partial charge in [0.1, 0.15) is 12.4 Å². The monoisotopic (exact) mass is 278 g/mol. The summed E-state index contributed by atoms with van der Waals surface area (Å²) in [6.07, 6.45) is 0. The largest absolute Gasteiger partial charge is 0.491 e. The second-order valence-corrected chi connectivity index (χ2v) is 4.45.